The van der Waals surface area contributed by atoms with E-state index in [2.05, 4.69) is 5.32 Å². The molecule has 1 aliphatic rings. The number of carbonyl (C=O) groups excluding carboxylic acids is 2. The van der Waals surface area contributed by atoms with Gasteiger partial charge in [0.05, 0.1) is 19.3 Å². The molecule has 1 aliphatic heterocycles. The average molecular weight is 326 g/mol. The van der Waals surface area contributed by atoms with Crippen LogP contribution in [0.15, 0.2) is 48.5 Å². The van der Waals surface area contributed by atoms with Crippen molar-refractivity contribution in [1.82, 2.24) is 5.32 Å². The van der Waals surface area contributed by atoms with Gasteiger partial charge in [-0.2, -0.15) is 0 Å². The Balaban J connectivity index is 1.98. The van der Waals surface area contributed by atoms with Crippen LogP contribution >= 0.6 is 0 Å². The largest absolute Gasteiger partial charge is 0.497 e. The summed E-state index contributed by atoms with van der Waals surface area (Å²) in [6.07, 6.45) is -0.751. The fourth-order valence-electron chi connectivity index (χ4n) is 2.64. The number of amides is 2. The number of benzene rings is 2. The van der Waals surface area contributed by atoms with Crippen LogP contribution in [0.3, 0.4) is 0 Å². The highest BCUT2D eigenvalue weighted by Crippen LogP contribution is 2.34. The number of fused-ring (bicyclic) bond motifs is 1. The van der Waals surface area contributed by atoms with Crippen LogP contribution in [0, 0.1) is 0 Å². The lowest BCUT2D eigenvalue weighted by molar-refractivity contribution is -0.127. The molecule has 0 aromatic heterocycles. The second kappa shape index (κ2) is 6.62. The SMILES string of the molecule is CNC(=O)[C@H]1CN(C(=O)c2cccc(OC)c2)c2ccccc2O1. The first-order chi connectivity index (χ1) is 11.6. The van der Waals surface area contributed by atoms with E-state index in [1.807, 2.05) is 6.07 Å². The molecule has 24 heavy (non-hydrogen) atoms. The fraction of sp³-hybridized carbons (Fsp3) is 0.222. The Kier molecular flexibility index (Phi) is 4.37. The van der Waals surface area contributed by atoms with Crippen molar-refractivity contribution < 1.29 is 19.1 Å². The lowest BCUT2D eigenvalue weighted by Gasteiger charge is -2.34. The summed E-state index contributed by atoms with van der Waals surface area (Å²) in [6.45, 7) is 0.146. The van der Waals surface area contributed by atoms with Crippen LogP contribution in [0.1, 0.15) is 10.4 Å². The molecular formula is C18H18N2O4. The van der Waals surface area contributed by atoms with Crippen LogP contribution < -0.4 is 19.7 Å². The van der Waals surface area contributed by atoms with Crippen molar-refractivity contribution in [3.63, 3.8) is 0 Å². The molecule has 0 saturated heterocycles. The van der Waals surface area contributed by atoms with Crippen molar-refractivity contribution in [3.8, 4) is 11.5 Å². The molecule has 2 aromatic rings. The number of methoxy groups -OCH3 is 1. The highest BCUT2D eigenvalue weighted by atomic mass is 16.5. The molecule has 0 radical (unpaired) electrons. The summed E-state index contributed by atoms with van der Waals surface area (Å²) >= 11 is 0. The number of rotatable bonds is 3. The van der Waals surface area contributed by atoms with Crippen LogP contribution in [0.5, 0.6) is 11.5 Å². The molecule has 1 heterocycles. The van der Waals surface area contributed by atoms with E-state index in [0.29, 0.717) is 22.7 Å². The number of para-hydroxylation sites is 2. The summed E-state index contributed by atoms with van der Waals surface area (Å²) in [5.41, 5.74) is 1.13. The van der Waals surface area contributed by atoms with Crippen molar-refractivity contribution in [1.29, 1.82) is 0 Å². The van der Waals surface area contributed by atoms with E-state index in [0.717, 1.165) is 0 Å². The van der Waals surface area contributed by atoms with Crippen LogP contribution in [0.4, 0.5) is 5.69 Å². The van der Waals surface area contributed by atoms with Crippen molar-refractivity contribution >= 4 is 17.5 Å². The molecule has 124 valence electrons. The van der Waals surface area contributed by atoms with Gasteiger partial charge in [0.1, 0.15) is 11.5 Å². The third-order valence-electron chi connectivity index (χ3n) is 3.87. The number of anilines is 1. The maximum atomic E-state index is 13.0. The highest BCUT2D eigenvalue weighted by Gasteiger charge is 2.33. The zero-order valence-corrected chi connectivity index (χ0v) is 13.5. The van der Waals surface area contributed by atoms with Crippen molar-refractivity contribution in [2.45, 2.75) is 6.10 Å². The van der Waals surface area contributed by atoms with Gasteiger partial charge in [-0.3, -0.25) is 9.59 Å². The van der Waals surface area contributed by atoms with Gasteiger partial charge in [-0.15, -0.1) is 0 Å². The minimum Gasteiger partial charge on any atom is -0.497 e. The molecule has 1 atom stereocenters. The summed E-state index contributed by atoms with van der Waals surface area (Å²) < 4.78 is 10.9. The Hall–Kier alpha value is -3.02. The Labute approximate surface area is 140 Å². The normalized spacial score (nSPS) is 15.9. The first-order valence-electron chi connectivity index (χ1n) is 7.57. The zero-order chi connectivity index (χ0) is 17.1. The van der Waals surface area contributed by atoms with Crippen molar-refractivity contribution in [3.05, 3.63) is 54.1 Å². The molecule has 0 spiro atoms. The quantitative estimate of drug-likeness (QED) is 0.935. The molecule has 2 aromatic carbocycles. The minimum atomic E-state index is -0.751. The van der Waals surface area contributed by atoms with Crippen LogP contribution in [-0.4, -0.2) is 38.6 Å². The molecule has 0 unspecified atom stereocenters. The molecule has 0 bridgehead atoms. The van der Waals surface area contributed by atoms with Crippen molar-refractivity contribution in [2.24, 2.45) is 0 Å². The number of ether oxygens (including phenoxy) is 2. The van der Waals surface area contributed by atoms with E-state index in [9.17, 15) is 9.59 Å². The fourth-order valence-corrected chi connectivity index (χ4v) is 2.64. The summed E-state index contributed by atoms with van der Waals surface area (Å²) in [5, 5.41) is 2.56. The Morgan fingerprint density at radius 2 is 2.00 bits per heavy atom. The first-order valence-corrected chi connectivity index (χ1v) is 7.57. The molecule has 6 nitrogen and oxygen atoms in total. The van der Waals surface area contributed by atoms with E-state index in [1.54, 1.807) is 61.5 Å². The maximum Gasteiger partial charge on any atom is 0.262 e. The predicted octanol–water partition coefficient (Wildman–Crippen LogP) is 1.85. The van der Waals surface area contributed by atoms with Crippen LogP contribution in [0.25, 0.3) is 0 Å². The van der Waals surface area contributed by atoms with E-state index in [-0.39, 0.29) is 18.4 Å². The number of nitrogens with zero attached hydrogens (tertiary/aromatic N) is 1. The number of hydrogen-bond donors (Lipinski definition) is 1. The van der Waals surface area contributed by atoms with Crippen LogP contribution in [-0.2, 0) is 4.79 Å². The van der Waals surface area contributed by atoms with Gasteiger partial charge in [0.2, 0.25) is 0 Å². The number of carbonyl (C=O) groups is 2. The van der Waals surface area contributed by atoms with E-state index < -0.39 is 6.10 Å². The molecule has 3 rings (SSSR count). The molecule has 0 saturated carbocycles. The summed E-state index contributed by atoms with van der Waals surface area (Å²) in [6, 6.07) is 14.1. The summed E-state index contributed by atoms with van der Waals surface area (Å²) in [5.74, 6) is 0.630. The predicted molar refractivity (Wildman–Crippen MR) is 89.6 cm³/mol. The van der Waals surface area contributed by atoms with Gasteiger partial charge in [0.25, 0.3) is 11.8 Å². The topological polar surface area (TPSA) is 67.9 Å². The molecule has 6 heteroatoms. The Bertz CT molecular complexity index is 775. The van der Waals surface area contributed by atoms with E-state index >= 15 is 0 Å². The maximum absolute atomic E-state index is 13.0. The first kappa shape index (κ1) is 15.9. The third kappa shape index (κ3) is 2.90. The minimum absolute atomic E-state index is 0.146. The summed E-state index contributed by atoms with van der Waals surface area (Å²) in [4.78, 5) is 26.5. The second-order valence-corrected chi connectivity index (χ2v) is 5.34. The molecule has 1 N–H and O–H groups in total. The molecule has 0 fully saturated rings. The monoisotopic (exact) mass is 326 g/mol. The average Bonchev–Trinajstić information content (AvgIpc) is 2.65. The Morgan fingerprint density at radius 3 is 2.75 bits per heavy atom. The highest BCUT2D eigenvalue weighted by molar-refractivity contribution is 6.08. The molecule has 0 aliphatic carbocycles. The second-order valence-electron chi connectivity index (χ2n) is 5.34. The number of likely N-dealkylation sites (N-methyl/N-ethyl adjacent to an activating group) is 1. The van der Waals surface area contributed by atoms with Gasteiger partial charge in [-0.25, -0.2) is 0 Å². The van der Waals surface area contributed by atoms with Crippen LogP contribution in [0.2, 0.25) is 0 Å². The molecular weight excluding hydrogens is 308 g/mol. The van der Waals surface area contributed by atoms with Gasteiger partial charge >= 0.3 is 0 Å². The standard InChI is InChI=1S/C18H18N2O4/c1-19-17(21)16-11-20(14-8-3-4-9-15(14)24-16)18(22)12-6-5-7-13(10-12)23-2/h3-10,16H,11H2,1-2H3,(H,19,21)/t16-/m1/s1. The van der Waals surface area contributed by atoms with Gasteiger partial charge in [-0.1, -0.05) is 18.2 Å². The Morgan fingerprint density at radius 1 is 1.21 bits per heavy atom. The van der Waals surface area contributed by atoms with Gasteiger partial charge in [0.15, 0.2) is 6.10 Å². The number of hydrogen-bond acceptors (Lipinski definition) is 4. The summed E-state index contributed by atoms with van der Waals surface area (Å²) in [7, 11) is 3.09. The van der Waals surface area contributed by atoms with E-state index in [1.165, 1.54) is 0 Å². The van der Waals surface area contributed by atoms with Gasteiger partial charge in [-0.05, 0) is 30.3 Å². The van der Waals surface area contributed by atoms with Gasteiger partial charge in [0, 0.05) is 12.6 Å². The lowest BCUT2D eigenvalue weighted by Crippen LogP contribution is -2.50. The zero-order valence-electron chi connectivity index (χ0n) is 13.5. The van der Waals surface area contributed by atoms with E-state index in [4.69, 9.17) is 9.47 Å². The number of nitrogens with one attached hydrogen (secondary N) is 1. The lowest BCUT2D eigenvalue weighted by atomic mass is 10.1. The third-order valence-corrected chi connectivity index (χ3v) is 3.87. The molecule has 2 amide bonds. The van der Waals surface area contributed by atoms with Gasteiger partial charge < -0.3 is 19.7 Å². The smallest absolute Gasteiger partial charge is 0.262 e. The van der Waals surface area contributed by atoms with Crippen molar-refractivity contribution in [2.75, 3.05) is 25.6 Å².